The Bertz CT molecular complexity index is 1140. The van der Waals surface area contributed by atoms with Crippen LogP contribution in [0.1, 0.15) is 31.9 Å². The largest absolute Gasteiger partial charge is 0.401 e. The lowest BCUT2D eigenvalue weighted by Gasteiger charge is -2.22. The summed E-state index contributed by atoms with van der Waals surface area (Å²) in [6.45, 7) is 8.47. The third kappa shape index (κ3) is 3.38. The number of fused-ring (bicyclic) bond motifs is 1. The van der Waals surface area contributed by atoms with E-state index in [0.717, 1.165) is 33.4 Å². The monoisotopic (exact) mass is 374 g/mol. The normalized spacial score (nSPS) is 11.7. The molecule has 0 fully saturated rings. The van der Waals surface area contributed by atoms with E-state index in [1.165, 1.54) is 0 Å². The van der Waals surface area contributed by atoms with E-state index in [9.17, 15) is 0 Å². The molecule has 3 aromatic heterocycles. The maximum atomic E-state index is 6.13. The van der Waals surface area contributed by atoms with Gasteiger partial charge in [-0.05, 0) is 53.8 Å². The smallest absolute Gasteiger partial charge is 0.320 e. The predicted octanol–water partition coefficient (Wildman–Crippen LogP) is 4.61. The van der Waals surface area contributed by atoms with Crippen LogP contribution in [0.3, 0.4) is 0 Å². The Morgan fingerprint density at radius 1 is 1.11 bits per heavy atom. The molecule has 4 aromatic rings. The molecule has 0 aliphatic carbocycles. The minimum atomic E-state index is -0.104. The van der Waals surface area contributed by atoms with Gasteiger partial charge in [-0.25, -0.2) is 4.98 Å². The molecule has 142 valence electrons. The number of aromatic nitrogens is 4. The predicted molar refractivity (Wildman–Crippen MR) is 110 cm³/mol. The van der Waals surface area contributed by atoms with E-state index in [1.807, 2.05) is 37.3 Å². The van der Waals surface area contributed by atoms with Crippen LogP contribution in [0.25, 0.3) is 22.5 Å². The van der Waals surface area contributed by atoms with Gasteiger partial charge in [0.15, 0.2) is 0 Å². The van der Waals surface area contributed by atoms with Gasteiger partial charge in [0.1, 0.15) is 5.69 Å². The van der Waals surface area contributed by atoms with Gasteiger partial charge in [0, 0.05) is 17.3 Å². The molecule has 0 aliphatic heterocycles. The van der Waals surface area contributed by atoms with Crippen molar-refractivity contribution in [2.75, 3.05) is 11.1 Å². The van der Waals surface area contributed by atoms with Crippen molar-refractivity contribution in [1.82, 2.24) is 20.2 Å². The molecule has 0 spiro atoms. The molecule has 0 unspecified atom stereocenters. The molecular formula is C21H22N6O. The zero-order chi connectivity index (χ0) is 19.9. The molecule has 0 saturated heterocycles. The van der Waals surface area contributed by atoms with Crippen molar-refractivity contribution in [2.45, 2.75) is 33.1 Å². The van der Waals surface area contributed by atoms with Gasteiger partial charge in [0.25, 0.3) is 5.89 Å². The molecule has 0 atom stereocenters. The molecule has 3 N–H and O–H groups in total. The number of rotatable bonds is 3. The number of hydrogen-bond acceptors (Lipinski definition) is 7. The number of pyridine rings is 2. The number of nitrogens with zero attached hydrogens (tertiary/aromatic N) is 4. The summed E-state index contributed by atoms with van der Waals surface area (Å²) in [5, 5.41) is 12.3. The second-order valence-corrected chi connectivity index (χ2v) is 7.82. The van der Waals surface area contributed by atoms with Crippen molar-refractivity contribution in [3.05, 3.63) is 53.9 Å². The molecule has 28 heavy (non-hydrogen) atoms. The summed E-state index contributed by atoms with van der Waals surface area (Å²) in [5.74, 6) is 0.355. The molecular weight excluding hydrogens is 352 g/mol. The average Bonchev–Trinajstić information content (AvgIpc) is 3.10. The maximum Gasteiger partial charge on any atom is 0.320 e. The van der Waals surface area contributed by atoms with Crippen molar-refractivity contribution in [2.24, 2.45) is 0 Å². The van der Waals surface area contributed by atoms with Crippen molar-refractivity contribution in [1.29, 1.82) is 0 Å². The summed E-state index contributed by atoms with van der Waals surface area (Å²) in [6.07, 6.45) is 3.38. The quantitative estimate of drug-likeness (QED) is 0.505. The highest BCUT2D eigenvalue weighted by Crippen LogP contribution is 2.34. The highest BCUT2D eigenvalue weighted by Gasteiger charge is 2.21. The number of hydrogen-bond donors (Lipinski definition) is 2. The van der Waals surface area contributed by atoms with Crippen LogP contribution < -0.4 is 11.1 Å². The topological polar surface area (TPSA) is 103 Å². The number of anilines is 3. The minimum absolute atomic E-state index is 0.104. The molecule has 0 bridgehead atoms. The lowest BCUT2D eigenvalue weighted by Crippen LogP contribution is -2.13. The molecule has 0 radical (unpaired) electrons. The molecule has 7 nitrogen and oxygen atoms in total. The zero-order valence-electron chi connectivity index (χ0n) is 16.3. The van der Waals surface area contributed by atoms with E-state index >= 15 is 0 Å². The Balaban J connectivity index is 1.79. The first-order chi connectivity index (χ1) is 13.3. The van der Waals surface area contributed by atoms with Crippen LogP contribution in [0, 0.1) is 6.92 Å². The number of benzene rings is 1. The minimum Gasteiger partial charge on any atom is -0.401 e. The average molecular weight is 374 g/mol. The second-order valence-electron chi connectivity index (χ2n) is 7.82. The highest BCUT2D eigenvalue weighted by molar-refractivity contribution is 5.90. The molecule has 1 aromatic carbocycles. The van der Waals surface area contributed by atoms with Gasteiger partial charge >= 0.3 is 6.01 Å². The molecule has 3 heterocycles. The fraction of sp³-hybridized carbons (Fsp3) is 0.238. The van der Waals surface area contributed by atoms with Gasteiger partial charge in [-0.3, -0.25) is 4.98 Å². The van der Waals surface area contributed by atoms with Gasteiger partial charge in [0.05, 0.1) is 17.4 Å². The molecule has 0 aliphatic rings. The fourth-order valence-corrected chi connectivity index (χ4v) is 3.13. The van der Waals surface area contributed by atoms with Crippen molar-refractivity contribution >= 4 is 28.3 Å². The molecule has 4 rings (SSSR count). The van der Waals surface area contributed by atoms with Gasteiger partial charge in [-0.15, -0.1) is 5.10 Å². The van der Waals surface area contributed by atoms with Crippen LogP contribution in [0.4, 0.5) is 17.4 Å². The van der Waals surface area contributed by atoms with Crippen molar-refractivity contribution in [3.63, 3.8) is 0 Å². The lowest BCUT2D eigenvalue weighted by molar-refractivity contribution is 0.584. The van der Waals surface area contributed by atoms with Crippen LogP contribution in [-0.4, -0.2) is 20.2 Å². The molecule has 7 heteroatoms. The van der Waals surface area contributed by atoms with E-state index in [1.54, 1.807) is 12.4 Å². The Kier molecular flexibility index (Phi) is 4.22. The van der Waals surface area contributed by atoms with E-state index in [4.69, 9.17) is 15.1 Å². The SMILES string of the molecule is Cc1cc(-c2nnc(Nc3cccnc3)o2)nc2c(C(C)(C)C)cc(N)cc12. The summed E-state index contributed by atoms with van der Waals surface area (Å²) in [7, 11) is 0. The summed E-state index contributed by atoms with van der Waals surface area (Å²) in [4.78, 5) is 8.90. The Labute approximate surface area is 163 Å². The summed E-state index contributed by atoms with van der Waals surface area (Å²) in [6, 6.07) is 9.87. The van der Waals surface area contributed by atoms with Gasteiger partial charge in [-0.1, -0.05) is 25.9 Å². The van der Waals surface area contributed by atoms with Gasteiger partial charge < -0.3 is 15.5 Å². The van der Waals surface area contributed by atoms with Crippen LogP contribution in [0.15, 0.2) is 47.1 Å². The Morgan fingerprint density at radius 3 is 2.64 bits per heavy atom. The zero-order valence-corrected chi connectivity index (χ0v) is 16.3. The van der Waals surface area contributed by atoms with Gasteiger partial charge in [0.2, 0.25) is 0 Å². The summed E-state index contributed by atoms with van der Waals surface area (Å²) >= 11 is 0. The van der Waals surface area contributed by atoms with Crippen LogP contribution in [0.2, 0.25) is 0 Å². The van der Waals surface area contributed by atoms with Crippen LogP contribution >= 0.6 is 0 Å². The summed E-state index contributed by atoms with van der Waals surface area (Å²) < 4.78 is 5.78. The van der Waals surface area contributed by atoms with Gasteiger partial charge in [-0.2, -0.15) is 0 Å². The Hall–Kier alpha value is -3.48. The third-order valence-corrected chi connectivity index (χ3v) is 4.51. The first kappa shape index (κ1) is 17.9. The second kappa shape index (κ2) is 6.60. The van der Waals surface area contributed by atoms with Crippen molar-refractivity contribution in [3.8, 4) is 11.6 Å². The van der Waals surface area contributed by atoms with E-state index in [2.05, 4.69) is 41.3 Å². The fourth-order valence-electron chi connectivity index (χ4n) is 3.13. The summed E-state index contributed by atoms with van der Waals surface area (Å²) in [5.41, 5.74) is 11.2. The number of nitrogens with one attached hydrogen (secondary N) is 1. The van der Waals surface area contributed by atoms with E-state index in [0.29, 0.717) is 11.6 Å². The Morgan fingerprint density at radius 2 is 1.93 bits per heavy atom. The maximum absolute atomic E-state index is 6.13. The lowest BCUT2D eigenvalue weighted by atomic mass is 9.84. The van der Waals surface area contributed by atoms with Crippen LogP contribution in [-0.2, 0) is 5.41 Å². The number of aryl methyl sites for hydroxylation is 1. The first-order valence-corrected chi connectivity index (χ1v) is 9.03. The van der Waals surface area contributed by atoms with Crippen LogP contribution in [0.5, 0.6) is 0 Å². The van der Waals surface area contributed by atoms with E-state index < -0.39 is 0 Å². The number of nitrogen functional groups attached to an aromatic ring is 1. The third-order valence-electron chi connectivity index (χ3n) is 4.51. The molecule has 0 amide bonds. The standard InChI is InChI=1S/C21H22N6O/c1-12-8-17(19-26-27-20(28-19)24-14-6-5-7-23-11-14)25-18-15(12)9-13(22)10-16(18)21(2,3)4/h5-11H,22H2,1-4H3,(H,24,27). The van der Waals surface area contributed by atoms with E-state index in [-0.39, 0.29) is 11.4 Å². The molecule has 0 saturated carbocycles. The highest BCUT2D eigenvalue weighted by atomic mass is 16.4. The first-order valence-electron chi connectivity index (χ1n) is 9.03. The van der Waals surface area contributed by atoms with Crippen molar-refractivity contribution < 1.29 is 4.42 Å². The number of nitrogens with two attached hydrogens (primary N) is 1.